The molecule has 0 bridgehead atoms. The first-order valence-corrected chi connectivity index (χ1v) is 10.8. The number of anilines is 2. The van der Waals surface area contributed by atoms with Gasteiger partial charge in [-0.1, -0.05) is 11.6 Å². The van der Waals surface area contributed by atoms with Gasteiger partial charge in [0.1, 0.15) is 11.3 Å². The highest BCUT2D eigenvalue weighted by Gasteiger charge is 2.33. The number of hydrogen-bond donors (Lipinski definition) is 1. The first-order chi connectivity index (χ1) is 15.3. The van der Waals surface area contributed by atoms with Gasteiger partial charge in [0.15, 0.2) is 11.5 Å². The van der Waals surface area contributed by atoms with E-state index in [9.17, 15) is 18.0 Å². The molecule has 0 radical (unpaired) electrons. The summed E-state index contributed by atoms with van der Waals surface area (Å²) in [5, 5.41) is 2.90. The second-order valence-corrected chi connectivity index (χ2v) is 8.69. The molecule has 2 aromatic heterocycles. The molecule has 1 amide bonds. The topological polar surface area (TPSA) is 71.3 Å². The third-order valence-electron chi connectivity index (χ3n) is 5.91. The van der Waals surface area contributed by atoms with Crippen molar-refractivity contribution in [1.29, 1.82) is 0 Å². The van der Waals surface area contributed by atoms with E-state index in [0.717, 1.165) is 36.5 Å². The summed E-state index contributed by atoms with van der Waals surface area (Å²) in [6.07, 6.45) is -0.417. The van der Waals surface area contributed by atoms with E-state index in [0.29, 0.717) is 48.9 Å². The van der Waals surface area contributed by atoms with Crippen molar-refractivity contribution in [2.75, 3.05) is 23.3 Å². The van der Waals surface area contributed by atoms with E-state index in [1.807, 2.05) is 17.0 Å². The molecular formula is C22H20ClF3N4O2. The lowest BCUT2D eigenvalue weighted by molar-refractivity contribution is -0.137. The van der Waals surface area contributed by atoms with Gasteiger partial charge >= 0.3 is 6.18 Å². The molecule has 1 aliphatic carbocycles. The molecule has 5 rings (SSSR count). The Morgan fingerprint density at radius 3 is 2.56 bits per heavy atom. The molecule has 6 nitrogen and oxygen atoms in total. The molecule has 3 aromatic rings. The number of carbonyl (C=O) groups is 1. The number of fused-ring (bicyclic) bond motifs is 1. The first kappa shape index (κ1) is 21.1. The highest BCUT2D eigenvalue weighted by Crippen LogP contribution is 2.41. The smallest absolute Gasteiger partial charge is 0.417 e. The first-order valence-electron chi connectivity index (χ1n) is 10.5. The van der Waals surface area contributed by atoms with Gasteiger partial charge in [-0.3, -0.25) is 4.79 Å². The summed E-state index contributed by atoms with van der Waals surface area (Å²) in [6.45, 7) is 0.951. The van der Waals surface area contributed by atoms with Gasteiger partial charge in [-0.15, -0.1) is 0 Å². The van der Waals surface area contributed by atoms with E-state index in [1.165, 1.54) is 0 Å². The standard InChI is InChI=1S/C22H20ClF3N4O2/c23-16-9-14(22(24,25)26)11-27-19(16)30-7-5-12(6-8-30)20(31)28-15-3-4-18-17(10-15)29-21(32-18)13-1-2-13/h3-4,9-13H,1-2,5-8H2,(H,28,31). The van der Waals surface area contributed by atoms with Gasteiger partial charge in [0, 0.05) is 36.8 Å². The molecule has 1 saturated carbocycles. The number of alkyl halides is 3. The summed E-state index contributed by atoms with van der Waals surface area (Å²) in [6, 6.07) is 6.30. The van der Waals surface area contributed by atoms with Crippen molar-refractivity contribution in [3.8, 4) is 0 Å². The predicted octanol–water partition coefficient (Wildman–Crippen LogP) is 5.63. The number of halogens is 4. The van der Waals surface area contributed by atoms with Gasteiger partial charge in [0.05, 0.1) is 10.6 Å². The minimum atomic E-state index is -4.49. The summed E-state index contributed by atoms with van der Waals surface area (Å²) in [7, 11) is 0. The van der Waals surface area contributed by atoms with Crippen molar-refractivity contribution < 1.29 is 22.4 Å². The number of carbonyl (C=O) groups excluding carboxylic acids is 1. The number of nitrogens with zero attached hydrogens (tertiary/aromatic N) is 3. The second-order valence-electron chi connectivity index (χ2n) is 8.29. The molecule has 1 saturated heterocycles. The van der Waals surface area contributed by atoms with Crippen LogP contribution in [-0.2, 0) is 11.0 Å². The Labute approximate surface area is 186 Å². The van der Waals surface area contributed by atoms with Gasteiger partial charge in [-0.05, 0) is 49.9 Å². The molecule has 32 heavy (non-hydrogen) atoms. The normalized spacial score (nSPS) is 17.7. The average Bonchev–Trinajstić information content (AvgIpc) is 3.52. The van der Waals surface area contributed by atoms with Crippen LogP contribution >= 0.6 is 11.6 Å². The number of rotatable bonds is 4. The highest BCUT2D eigenvalue weighted by atomic mass is 35.5. The molecule has 1 aromatic carbocycles. The summed E-state index contributed by atoms with van der Waals surface area (Å²) in [4.78, 5) is 23.0. The Morgan fingerprint density at radius 2 is 1.91 bits per heavy atom. The van der Waals surface area contributed by atoms with E-state index >= 15 is 0 Å². The molecule has 0 unspecified atom stereocenters. The zero-order valence-electron chi connectivity index (χ0n) is 17.0. The van der Waals surface area contributed by atoms with Crippen LogP contribution < -0.4 is 10.2 Å². The van der Waals surface area contributed by atoms with Crippen molar-refractivity contribution in [3.05, 3.63) is 46.9 Å². The fraction of sp³-hybridized carbons (Fsp3) is 0.409. The lowest BCUT2D eigenvalue weighted by Crippen LogP contribution is -2.38. The van der Waals surface area contributed by atoms with E-state index in [4.69, 9.17) is 16.0 Å². The molecule has 2 aliphatic rings. The number of aromatic nitrogens is 2. The third kappa shape index (κ3) is 4.26. The number of nitrogens with one attached hydrogen (secondary N) is 1. The second kappa shape index (κ2) is 7.95. The predicted molar refractivity (Wildman–Crippen MR) is 114 cm³/mol. The van der Waals surface area contributed by atoms with E-state index in [1.54, 1.807) is 6.07 Å². The number of oxazole rings is 1. The van der Waals surface area contributed by atoms with E-state index in [-0.39, 0.29) is 16.8 Å². The Bertz CT molecular complexity index is 1170. The van der Waals surface area contributed by atoms with Gasteiger partial charge < -0.3 is 14.6 Å². The maximum absolute atomic E-state index is 12.8. The monoisotopic (exact) mass is 464 g/mol. The lowest BCUT2D eigenvalue weighted by Gasteiger charge is -2.32. The van der Waals surface area contributed by atoms with Gasteiger partial charge in [-0.2, -0.15) is 13.2 Å². The largest absolute Gasteiger partial charge is 0.440 e. The van der Waals surface area contributed by atoms with Crippen LogP contribution in [0.3, 0.4) is 0 Å². The van der Waals surface area contributed by atoms with Crippen LogP contribution in [0, 0.1) is 5.92 Å². The highest BCUT2D eigenvalue weighted by molar-refractivity contribution is 6.33. The van der Waals surface area contributed by atoms with Crippen LogP contribution in [-0.4, -0.2) is 29.0 Å². The summed E-state index contributed by atoms with van der Waals surface area (Å²) < 4.78 is 44.2. The molecular weight excluding hydrogens is 445 g/mol. The SMILES string of the molecule is O=C(Nc1ccc2oc(C3CC3)nc2c1)C1CCN(c2ncc(C(F)(F)F)cc2Cl)CC1. The Kier molecular flexibility index (Phi) is 5.23. The van der Waals surface area contributed by atoms with Crippen LogP contribution in [0.5, 0.6) is 0 Å². The average molecular weight is 465 g/mol. The van der Waals surface area contributed by atoms with Crippen molar-refractivity contribution in [1.82, 2.24) is 9.97 Å². The molecule has 0 atom stereocenters. The molecule has 10 heteroatoms. The molecule has 168 valence electrons. The molecule has 2 fully saturated rings. The quantitative estimate of drug-likeness (QED) is 0.542. The fourth-order valence-corrected chi connectivity index (χ4v) is 4.23. The zero-order chi connectivity index (χ0) is 22.5. The maximum Gasteiger partial charge on any atom is 0.417 e. The third-order valence-corrected chi connectivity index (χ3v) is 6.19. The number of hydrogen-bond acceptors (Lipinski definition) is 5. The minimum Gasteiger partial charge on any atom is -0.440 e. The minimum absolute atomic E-state index is 0.0470. The van der Waals surface area contributed by atoms with Gasteiger partial charge in [0.2, 0.25) is 5.91 Å². The number of piperidine rings is 1. The van der Waals surface area contributed by atoms with E-state index < -0.39 is 11.7 Å². The van der Waals surface area contributed by atoms with Crippen LogP contribution in [0.25, 0.3) is 11.1 Å². The van der Waals surface area contributed by atoms with Crippen molar-refractivity contribution >= 4 is 40.1 Å². The van der Waals surface area contributed by atoms with Crippen LogP contribution in [0.4, 0.5) is 24.7 Å². The van der Waals surface area contributed by atoms with Crippen molar-refractivity contribution in [2.24, 2.45) is 5.92 Å². The summed E-state index contributed by atoms with van der Waals surface area (Å²) in [5.74, 6) is 1.17. The number of pyridine rings is 1. The fourth-order valence-electron chi connectivity index (χ4n) is 3.94. The van der Waals surface area contributed by atoms with Crippen molar-refractivity contribution in [3.63, 3.8) is 0 Å². The number of benzene rings is 1. The van der Waals surface area contributed by atoms with Gasteiger partial charge in [0.25, 0.3) is 0 Å². The summed E-state index contributed by atoms with van der Waals surface area (Å²) in [5.41, 5.74) is 1.21. The molecule has 1 N–H and O–H groups in total. The Balaban J connectivity index is 1.21. The van der Waals surface area contributed by atoms with Crippen LogP contribution in [0.1, 0.15) is 43.1 Å². The van der Waals surface area contributed by atoms with Crippen LogP contribution in [0.2, 0.25) is 5.02 Å². The van der Waals surface area contributed by atoms with Crippen LogP contribution in [0.15, 0.2) is 34.9 Å². The number of amides is 1. The molecule has 3 heterocycles. The molecule has 1 aliphatic heterocycles. The zero-order valence-corrected chi connectivity index (χ0v) is 17.7. The van der Waals surface area contributed by atoms with Crippen molar-refractivity contribution in [2.45, 2.75) is 37.8 Å². The maximum atomic E-state index is 12.8. The Hall–Kier alpha value is -2.81. The Morgan fingerprint density at radius 1 is 1.16 bits per heavy atom. The van der Waals surface area contributed by atoms with E-state index in [2.05, 4.69) is 15.3 Å². The summed E-state index contributed by atoms with van der Waals surface area (Å²) >= 11 is 6.05. The van der Waals surface area contributed by atoms with Gasteiger partial charge in [-0.25, -0.2) is 9.97 Å². The lowest BCUT2D eigenvalue weighted by atomic mass is 9.95. The molecule has 0 spiro atoms.